The number of hydrogen-bond acceptors (Lipinski definition) is 4. The van der Waals surface area contributed by atoms with Crippen LogP contribution in [0.4, 0.5) is 0 Å². The van der Waals surface area contributed by atoms with Crippen LogP contribution in [0.15, 0.2) is 42.7 Å². The molecule has 2 aromatic heterocycles. The first-order valence-corrected chi connectivity index (χ1v) is 6.72. The molecule has 0 radical (unpaired) electrons. The monoisotopic (exact) mass is 267 g/mol. The second kappa shape index (κ2) is 5.38. The maximum Gasteiger partial charge on any atom is 0.0783 e. The average molecular weight is 267 g/mol. The van der Waals surface area contributed by atoms with E-state index < -0.39 is 0 Å². The minimum absolute atomic E-state index is 0.430. The molecule has 20 heavy (non-hydrogen) atoms. The van der Waals surface area contributed by atoms with E-state index >= 15 is 0 Å². The van der Waals surface area contributed by atoms with E-state index in [9.17, 15) is 0 Å². The minimum Gasteiger partial charge on any atom is -0.309 e. The molecule has 3 rings (SSSR count). The summed E-state index contributed by atoms with van der Waals surface area (Å²) in [5.74, 6) is 0. The van der Waals surface area contributed by atoms with Gasteiger partial charge in [-0.2, -0.15) is 0 Å². The molecule has 2 heterocycles. The second-order valence-electron chi connectivity index (χ2n) is 5.05. The van der Waals surface area contributed by atoms with Crippen molar-refractivity contribution >= 4 is 10.9 Å². The lowest BCUT2D eigenvalue weighted by atomic mass is 10.2. The first-order chi connectivity index (χ1) is 9.74. The van der Waals surface area contributed by atoms with E-state index in [4.69, 9.17) is 0 Å². The van der Waals surface area contributed by atoms with Crippen molar-refractivity contribution in [3.05, 3.63) is 48.4 Å². The molecule has 5 nitrogen and oxygen atoms in total. The zero-order valence-electron chi connectivity index (χ0n) is 11.6. The lowest BCUT2D eigenvalue weighted by Gasteiger charge is -2.10. The third kappa shape index (κ3) is 2.53. The van der Waals surface area contributed by atoms with E-state index in [2.05, 4.69) is 46.6 Å². The van der Waals surface area contributed by atoms with Crippen molar-refractivity contribution in [2.75, 3.05) is 0 Å². The zero-order chi connectivity index (χ0) is 13.9. The third-order valence-corrected chi connectivity index (χ3v) is 3.14. The van der Waals surface area contributed by atoms with Gasteiger partial charge in [0.25, 0.3) is 0 Å². The standard InChI is InChI=1S/C15H17N5/c1-11(2)17-9-14-10-18-19-20(14)13-5-6-15-12(8-13)4-3-7-16-15/h3-8,10-11,17H,9H2,1-2H3. The molecule has 0 atom stereocenters. The van der Waals surface area contributed by atoms with Crippen molar-refractivity contribution < 1.29 is 0 Å². The lowest BCUT2D eigenvalue weighted by molar-refractivity contribution is 0.570. The Labute approximate surface area is 117 Å². The van der Waals surface area contributed by atoms with Crippen LogP contribution in [0, 0.1) is 0 Å². The Kier molecular flexibility index (Phi) is 3.43. The molecule has 1 N–H and O–H groups in total. The summed E-state index contributed by atoms with van der Waals surface area (Å²) in [6.45, 7) is 4.99. The van der Waals surface area contributed by atoms with Gasteiger partial charge in [0.1, 0.15) is 0 Å². The van der Waals surface area contributed by atoms with E-state index in [1.165, 1.54) is 0 Å². The number of aromatic nitrogens is 4. The molecule has 0 saturated heterocycles. The fourth-order valence-corrected chi connectivity index (χ4v) is 2.10. The van der Waals surface area contributed by atoms with E-state index in [0.29, 0.717) is 6.04 Å². The van der Waals surface area contributed by atoms with Crippen molar-refractivity contribution in [2.24, 2.45) is 0 Å². The van der Waals surface area contributed by atoms with Gasteiger partial charge in [-0.3, -0.25) is 4.98 Å². The van der Waals surface area contributed by atoms with Crippen molar-refractivity contribution in [1.29, 1.82) is 0 Å². The minimum atomic E-state index is 0.430. The smallest absolute Gasteiger partial charge is 0.0783 e. The summed E-state index contributed by atoms with van der Waals surface area (Å²) >= 11 is 0. The van der Waals surface area contributed by atoms with Crippen molar-refractivity contribution in [1.82, 2.24) is 25.3 Å². The van der Waals surface area contributed by atoms with Crippen molar-refractivity contribution in [2.45, 2.75) is 26.4 Å². The van der Waals surface area contributed by atoms with Gasteiger partial charge in [-0.25, -0.2) is 4.68 Å². The van der Waals surface area contributed by atoms with Gasteiger partial charge in [-0.1, -0.05) is 25.1 Å². The summed E-state index contributed by atoms with van der Waals surface area (Å²) in [6, 6.07) is 10.5. The highest BCUT2D eigenvalue weighted by atomic mass is 15.4. The number of rotatable bonds is 4. The molecule has 0 aliphatic rings. The largest absolute Gasteiger partial charge is 0.309 e. The van der Waals surface area contributed by atoms with E-state index in [1.807, 2.05) is 22.9 Å². The molecule has 0 amide bonds. The molecule has 3 aromatic rings. The fourth-order valence-electron chi connectivity index (χ4n) is 2.10. The van der Waals surface area contributed by atoms with Crippen LogP contribution >= 0.6 is 0 Å². The van der Waals surface area contributed by atoms with Crippen LogP contribution in [0.3, 0.4) is 0 Å². The van der Waals surface area contributed by atoms with Gasteiger partial charge in [0.05, 0.1) is 23.1 Å². The molecular formula is C15H17N5. The predicted molar refractivity (Wildman–Crippen MR) is 78.6 cm³/mol. The molecule has 1 aromatic carbocycles. The fraction of sp³-hybridized carbons (Fsp3) is 0.267. The predicted octanol–water partition coefficient (Wildman–Crippen LogP) is 2.31. The Hall–Kier alpha value is -2.27. The molecule has 102 valence electrons. The number of benzene rings is 1. The SMILES string of the molecule is CC(C)NCc1cnnn1-c1ccc2ncccc2c1. The maximum atomic E-state index is 4.33. The Morgan fingerprint density at radius 1 is 1.25 bits per heavy atom. The molecule has 0 saturated carbocycles. The van der Waals surface area contributed by atoms with E-state index in [0.717, 1.165) is 28.8 Å². The first kappa shape index (κ1) is 12.7. The van der Waals surface area contributed by atoms with Gasteiger partial charge < -0.3 is 5.32 Å². The van der Waals surface area contributed by atoms with Crippen LogP contribution in [-0.2, 0) is 6.54 Å². The Balaban J connectivity index is 1.96. The van der Waals surface area contributed by atoms with Crippen LogP contribution in [0.25, 0.3) is 16.6 Å². The van der Waals surface area contributed by atoms with Gasteiger partial charge in [-0.15, -0.1) is 5.10 Å². The summed E-state index contributed by atoms with van der Waals surface area (Å²) in [6.07, 6.45) is 3.60. The van der Waals surface area contributed by atoms with Crippen LogP contribution in [0.1, 0.15) is 19.5 Å². The Morgan fingerprint density at radius 2 is 2.15 bits per heavy atom. The summed E-state index contributed by atoms with van der Waals surface area (Å²) in [5.41, 5.74) is 3.03. The zero-order valence-corrected chi connectivity index (χ0v) is 11.6. The topological polar surface area (TPSA) is 55.6 Å². The van der Waals surface area contributed by atoms with E-state index in [-0.39, 0.29) is 0 Å². The number of hydrogen-bond donors (Lipinski definition) is 1. The number of fused-ring (bicyclic) bond motifs is 1. The number of pyridine rings is 1. The summed E-state index contributed by atoms with van der Waals surface area (Å²) in [7, 11) is 0. The Bertz CT molecular complexity index is 717. The highest BCUT2D eigenvalue weighted by Gasteiger charge is 2.07. The average Bonchev–Trinajstić information content (AvgIpc) is 2.93. The van der Waals surface area contributed by atoms with Gasteiger partial charge >= 0.3 is 0 Å². The van der Waals surface area contributed by atoms with Gasteiger partial charge in [-0.05, 0) is 24.3 Å². The van der Waals surface area contributed by atoms with Crippen molar-refractivity contribution in [3.63, 3.8) is 0 Å². The molecule has 0 aliphatic heterocycles. The van der Waals surface area contributed by atoms with Gasteiger partial charge in [0.15, 0.2) is 0 Å². The molecule has 0 spiro atoms. The van der Waals surface area contributed by atoms with E-state index in [1.54, 1.807) is 12.4 Å². The maximum absolute atomic E-state index is 4.33. The van der Waals surface area contributed by atoms with Crippen molar-refractivity contribution in [3.8, 4) is 5.69 Å². The summed E-state index contributed by atoms with van der Waals surface area (Å²) in [5, 5.41) is 12.7. The summed E-state index contributed by atoms with van der Waals surface area (Å²) < 4.78 is 1.86. The number of nitrogens with one attached hydrogen (secondary N) is 1. The quantitative estimate of drug-likeness (QED) is 0.788. The molecule has 0 aliphatic carbocycles. The molecule has 5 heteroatoms. The molecule has 0 unspecified atom stereocenters. The van der Waals surface area contributed by atoms with Crippen LogP contribution < -0.4 is 5.32 Å². The van der Waals surface area contributed by atoms with Crippen LogP contribution in [0.2, 0.25) is 0 Å². The molecule has 0 bridgehead atoms. The Morgan fingerprint density at radius 3 is 3.00 bits per heavy atom. The number of nitrogens with zero attached hydrogens (tertiary/aromatic N) is 4. The van der Waals surface area contributed by atoms with Gasteiger partial charge in [0, 0.05) is 24.2 Å². The first-order valence-electron chi connectivity index (χ1n) is 6.72. The highest BCUT2D eigenvalue weighted by Crippen LogP contribution is 2.17. The second-order valence-corrected chi connectivity index (χ2v) is 5.05. The highest BCUT2D eigenvalue weighted by molar-refractivity contribution is 5.80. The third-order valence-electron chi connectivity index (χ3n) is 3.14. The van der Waals surface area contributed by atoms with Crippen LogP contribution in [-0.4, -0.2) is 26.0 Å². The molecular weight excluding hydrogens is 250 g/mol. The normalized spacial score (nSPS) is 11.3. The summed E-state index contributed by atoms with van der Waals surface area (Å²) in [4.78, 5) is 4.33. The van der Waals surface area contributed by atoms with Gasteiger partial charge in [0.2, 0.25) is 0 Å². The van der Waals surface area contributed by atoms with Crippen LogP contribution in [0.5, 0.6) is 0 Å². The molecule has 0 fully saturated rings. The lowest BCUT2D eigenvalue weighted by Crippen LogP contribution is -2.23.